The predicted octanol–water partition coefficient (Wildman–Crippen LogP) is 4.10. The highest BCUT2D eigenvalue weighted by Crippen LogP contribution is 2.21. The van der Waals surface area contributed by atoms with Crippen LogP contribution in [0, 0.1) is 0 Å². The summed E-state index contributed by atoms with van der Waals surface area (Å²) in [7, 11) is 0. The smallest absolute Gasteiger partial charge is 0.120 e. The standard InChI is InChI=1S/C14H13BrClNO/c15-12-3-1-10(2-4-12)8-17-9-11-7-13(16)5-6-14(11)18/h1-7,17-18H,8-9H2. The molecule has 4 heteroatoms. The van der Waals surface area contributed by atoms with E-state index in [1.165, 1.54) is 5.56 Å². The average molecular weight is 327 g/mol. The van der Waals surface area contributed by atoms with E-state index in [1.807, 2.05) is 12.1 Å². The number of phenols is 1. The molecule has 2 nitrogen and oxygen atoms in total. The van der Waals surface area contributed by atoms with Gasteiger partial charge in [0.2, 0.25) is 0 Å². The topological polar surface area (TPSA) is 32.3 Å². The lowest BCUT2D eigenvalue weighted by molar-refractivity contribution is 0.464. The molecular weight excluding hydrogens is 314 g/mol. The van der Waals surface area contributed by atoms with Crippen LogP contribution in [0.5, 0.6) is 5.75 Å². The second kappa shape index (κ2) is 6.23. The van der Waals surface area contributed by atoms with E-state index in [0.717, 1.165) is 16.6 Å². The second-order valence-electron chi connectivity index (χ2n) is 4.00. The molecule has 18 heavy (non-hydrogen) atoms. The minimum atomic E-state index is 0.266. The quantitative estimate of drug-likeness (QED) is 0.886. The van der Waals surface area contributed by atoms with Crippen LogP contribution in [0.4, 0.5) is 0 Å². The molecular formula is C14H13BrClNO. The first-order chi connectivity index (χ1) is 8.65. The molecule has 0 saturated heterocycles. The maximum atomic E-state index is 9.66. The van der Waals surface area contributed by atoms with Crippen molar-refractivity contribution in [1.82, 2.24) is 5.32 Å². The lowest BCUT2D eigenvalue weighted by Crippen LogP contribution is -2.12. The largest absolute Gasteiger partial charge is 0.508 e. The van der Waals surface area contributed by atoms with Crippen LogP contribution in [-0.4, -0.2) is 5.11 Å². The molecule has 0 bridgehead atoms. The molecule has 2 aromatic carbocycles. The van der Waals surface area contributed by atoms with Gasteiger partial charge in [-0.25, -0.2) is 0 Å². The summed E-state index contributed by atoms with van der Waals surface area (Å²) >= 11 is 9.29. The van der Waals surface area contributed by atoms with Crippen molar-refractivity contribution in [2.75, 3.05) is 0 Å². The molecule has 0 heterocycles. The first-order valence-corrected chi connectivity index (χ1v) is 6.75. The molecule has 0 aliphatic rings. The van der Waals surface area contributed by atoms with Crippen LogP contribution in [0.15, 0.2) is 46.9 Å². The van der Waals surface area contributed by atoms with Crippen molar-refractivity contribution in [3.05, 3.63) is 63.1 Å². The molecule has 0 aromatic heterocycles. The van der Waals surface area contributed by atoms with Crippen molar-refractivity contribution in [2.24, 2.45) is 0 Å². The Morgan fingerprint density at radius 1 is 1.06 bits per heavy atom. The van der Waals surface area contributed by atoms with Crippen molar-refractivity contribution in [1.29, 1.82) is 0 Å². The van der Waals surface area contributed by atoms with Crippen LogP contribution in [-0.2, 0) is 13.1 Å². The number of hydrogen-bond acceptors (Lipinski definition) is 2. The van der Waals surface area contributed by atoms with Gasteiger partial charge in [0, 0.05) is 28.1 Å². The van der Waals surface area contributed by atoms with Gasteiger partial charge in [-0.3, -0.25) is 0 Å². The summed E-state index contributed by atoms with van der Waals surface area (Å²) in [6, 6.07) is 13.2. The van der Waals surface area contributed by atoms with E-state index in [9.17, 15) is 5.11 Å². The van der Waals surface area contributed by atoms with Gasteiger partial charge in [-0.2, -0.15) is 0 Å². The molecule has 0 aliphatic carbocycles. The number of rotatable bonds is 4. The van der Waals surface area contributed by atoms with Gasteiger partial charge in [-0.05, 0) is 35.9 Å². The van der Waals surface area contributed by atoms with Gasteiger partial charge in [0.05, 0.1) is 0 Å². The molecule has 0 aliphatic heterocycles. The summed E-state index contributed by atoms with van der Waals surface area (Å²) in [5, 5.41) is 13.6. The van der Waals surface area contributed by atoms with Crippen LogP contribution < -0.4 is 5.32 Å². The zero-order valence-electron chi connectivity index (χ0n) is 9.66. The fraction of sp³-hybridized carbons (Fsp3) is 0.143. The summed E-state index contributed by atoms with van der Waals surface area (Å²) in [6.45, 7) is 1.34. The molecule has 0 radical (unpaired) electrons. The summed E-state index contributed by atoms with van der Waals surface area (Å²) in [5.41, 5.74) is 2.00. The second-order valence-corrected chi connectivity index (χ2v) is 5.36. The van der Waals surface area contributed by atoms with Gasteiger partial charge in [-0.1, -0.05) is 39.7 Å². The molecule has 0 spiro atoms. The zero-order valence-corrected chi connectivity index (χ0v) is 12.0. The Labute approximate surface area is 120 Å². The van der Waals surface area contributed by atoms with E-state index < -0.39 is 0 Å². The van der Waals surface area contributed by atoms with Crippen molar-refractivity contribution in [2.45, 2.75) is 13.1 Å². The fourth-order valence-electron chi connectivity index (χ4n) is 1.64. The van der Waals surface area contributed by atoms with Crippen LogP contribution in [0.1, 0.15) is 11.1 Å². The van der Waals surface area contributed by atoms with Crippen LogP contribution >= 0.6 is 27.5 Å². The third-order valence-electron chi connectivity index (χ3n) is 2.60. The van der Waals surface area contributed by atoms with E-state index in [1.54, 1.807) is 18.2 Å². The van der Waals surface area contributed by atoms with Gasteiger partial charge in [0.15, 0.2) is 0 Å². The van der Waals surface area contributed by atoms with E-state index in [0.29, 0.717) is 11.6 Å². The van der Waals surface area contributed by atoms with Gasteiger partial charge < -0.3 is 10.4 Å². The van der Waals surface area contributed by atoms with E-state index >= 15 is 0 Å². The molecule has 2 rings (SSSR count). The Morgan fingerprint density at radius 3 is 2.50 bits per heavy atom. The maximum Gasteiger partial charge on any atom is 0.120 e. The first-order valence-electron chi connectivity index (χ1n) is 5.58. The van der Waals surface area contributed by atoms with Crippen molar-refractivity contribution >= 4 is 27.5 Å². The van der Waals surface area contributed by atoms with Crippen molar-refractivity contribution < 1.29 is 5.11 Å². The van der Waals surface area contributed by atoms with E-state index in [2.05, 4.69) is 33.4 Å². The highest BCUT2D eigenvalue weighted by Gasteiger charge is 2.01. The number of hydrogen-bond donors (Lipinski definition) is 2. The van der Waals surface area contributed by atoms with Crippen molar-refractivity contribution in [3.63, 3.8) is 0 Å². The highest BCUT2D eigenvalue weighted by atomic mass is 79.9. The molecule has 0 atom stereocenters. The Balaban J connectivity index is 1.92. The first kappa shape index (κ1) is 13.4. The lowest BCUT2D eigenvalue weighted by Gasteiger charge is -2.07. The molecule has 2 N–H and O–H groups in total. The fourth-order valence-corrected chi connectivity index (χ4v) is 2.10. The average Bonchev–Trinajstić information content (AvgIpc) is 2.36. The number of halogens is 2. The highest BCUT2D eigenvalue weighted by molar-refractivity contribution is 9.10. The molecule has 94 valence electrons. The van der Waals surface area contributed by atoms with Gasteiger partial charge >= 0.3 is 0 Å². The monoisotopic (exact) mass is 325 g/mol. The summed E-state index contributed by atoms with van der Waals surface area (Å²) < 4.78 is 1.07. The number of aromatic hydroxyl groups is 1. The Kier molecular flexibility index (Phi) is 4.64. The summed E-state index contributed by atoms with van der Waals surface area (Å²) in [5.74, 6) is 0.266. The molecule has 0 saturated carbocycles. The Morgan fingerprint density at radius 2 is 1.78 bits per heavy atom. The Hall–Kier alpha value is -1.03. The molecule has 0 amide bonds. The SMILES string of the molecule is Oc1ccc(Cl)cc1CNCc1ccc(Br)cc1. The minimum absolute atomic E-state index is 0.266. The number of phenolic OH excluding ortho intramolecular Hbond substituents is 1. The molecule has 0 unspecified atom stereocenters. The third kappa shape index (κ3) is 3.73. The summed E-state index contributed by atoms with van der Waals surface area (Å²) in [6.07, 6.45) is 0. The normalized spacial score (nSPS) is 10.6. The van der Waals surface area contributed by atoms with Crippen LogP contribution in [0.2, 0.25) is 5.02 Å². The summed E-state index contributed by atoms with van der Waals surface area (Å²) in [4.78, 5) is 0. The molecule has 2 aromatic rings. The predicted molar refractivity (Wildman–Crippen MR) is 77.8 cm³/mol. The van der Waals surface area contributed by atoms with Gasteiger partial charge in [0.25, 0.3) is 0 Å². The van der Waals surface area contributed by atoms with Crippen LogP contribution in [0.3, 0.4) is 0 Å². The minimum Gasteiger partial charge on any atom is -0.508 e. The number of nitrogens with one attached hydrogen (secondary N) is 1. The zero-order chi connectivity index (χ0) is 13.0. The lowest BCUT2D eigenvalue weighted by atomic mass is 10.2. The maximum absolute atomic E-state index is 9.66. The Bertz CT molecular complexity index is 528. The van der Waals surface area contributed by atoms with Crippen molar-refractivity contribution in [3.8, 4) is 5.75 Å². The van der Waals surface area contributed by atoms with E-state index in [4.69, 9.17) is 11.6 Å². The van der Waals surface area contributed by atoms with Crippen LogP contribution in [0.25, 0.3) is 0 Å². The van der Waals surface area contributed by atoms with Gasteiger partial charge in [0.1, 0.15) is 5.75 Å². The number of benzene rings is 2. The third-order valence-corrected chi connectivity index (χ3v) is 3.36. The molecule has 0 fully saturated rings. The van der Waals surface area contributed by atoms with Gasteiger partial charge in [-0.15, -0.1) is 0 Å². The van der Waals surface area contributed by atoms with E-state index in [-0.39, 0.29) is 5.75 Å².